The molecule has 1 aliphatic carbocycles. The summed E-state index contributed by atoms with van der Waals surface area (Å²) >= 11 is 0. The van der Waals surface area contributed by atoms with Gasteiger partial charge in [-0.2, -0.15) is 0 Å². The zero-order valence-corrected chi connectivity index (χ0v) is 23.9. The van der Waals surface area contributed by atoms with E-state index in [1.807, 2.05) is 72.9 Å². The Morgan fingerprint density at radius 2 is 1.14 bits per heavy atom. The van der Waals surface area contributed by atoms with Crippen LogP contribution in [0.1, 0.15) is 25.1 Å². The van der Waals surface area contributed by atoms with Gasteiger partial charge in [0, 0.05) is 50.4 Å². The standard InChI is InChI=1S/C38H27N5/c1-38(2)31-33(25-15-8-4-9-16-25)42-37(43-34(31)28-21-22-30(40-35(28)38)24-13-6-3-7-14-24)29-20-12-19-27-23-39-36(41-32(27)29)26-17-10-5-11-18-26/h3-23H,1-2H3. The molecule has 8 rings (SSSR count). The lowest BCUT2D eigenvalue weighted by atomic mass is 9.83. The number of hydrogen-bond donors (Lipinski definition) is 0. The summed E-state index contributed by atoms with van der Waals surface area (Å²) < 4.78 is 0. The van der Waals surface area contributed by atoms with E-state index >= 15 is 0 Å². The Kier molecular flexibility index (Phi) is 5.73. The molecule has 1 aliphatic rings. The first kappa shape index (κ1) is 25.2. The van der Waals surface area contributed by atoms with Gasteiger partial charge in [0.05, 0.1) is 28.3 Å². The van der Waals surface area contributed by atoms with Crippen LogP contribution in [0.2, 0.25) is 0 Å². The topological polar surface area (TPSA) is 64.5 Å². The first-order chi connectivity index (χ1) is 21.1. The maximum Gasteiger partial charge on any atom is 0.162 e. The van der Waals surface area contributed by atoms with E-state index in [0.29, 0.717) is 11.6 Å². The maximum atomic E-state index is 5.30. The summed E-state index contributed by atoms with van der Waals surface area (Å²) in [6.45, 7) is 4.46. The quantitative estimate of drug-likeness (QED) is 0.218. The minimum atomic E-state index is -0.402. The predicted molar refractivity (Wildman–Crippen MR) is 172 cm³/mol. The number of pyridine rings is 1. The Morgan fingerprint density at radius 1 is 0.488 bits per heavy atom. The van der Waals surface area contributed by atoms with Crippen LogP contribution in [0, 0.1) is 0 Å². The molecule has 0 bridgehead atoms. The van der Waals surface area contributed by atoms with Gasteiger partial charge in [0.25, 0.3) is 0 Å². The number of para-hydroxylation sites is 1. The lowest BCUT2D eigenvalue weighted by molar-refractivity contribution is 0.636. The van der Waals surface area contributed by atoms with Crippen LogP contribution >= 0.6 is 0 Å². The van der Waals surface area contributed by atoms with E-state index in [9.17, 15) is 0 Å². The fraction of sp³-hybridized carbons (Fsp3) is 0.0789. The second kappa shape index (κ2) is 9.78. The molecule has 3 heterocycles. The van der Waals surface area contributed by atoms with Crippen LogP contribution in [0.5, 0.6) is 0 Å². The lowest BCUT2D eigenvalue weighted by Gasteiger charge is -2.23. The molecule has 5 nitrogen and oxygen atoms in total. The molecule has 3 aromatic heterocycles. The molecule has 0 saturated carbocycles. The number of rotatable bonds is 4. The maximum absolute atomic E-state index is 5.30. The van der Waals surface area contributed by atoms with Gasteiger partial charge in [-0.1, -0.05) is 103 Å². The van der Waals surface area contributed by atoms with Gasteiger partial charge in [0.2, 0.25) is 0 Å². The van der Waals surface area contributed by atoms with Gasteiger partial charge >= 0.3 is 0 Å². The highest BCUT2D eigenvalue weighted by Gasteiger charge is 2.42. The third-order valence-electron chi connectivity index (χ3n) is 8.28. The number of hydrogen-bond acceptors (Lipinski definition) is 5. The summed E-state index contributed by atoms with van der Waals surface area (Å²) in [6.07, 6.45) is 1.88. The molecular formula is C38H27N5. The van der Waals surface area contributed by atoms with Gasteiger partial charge in [-0.25, -0.2) is 19.9 Å². The molecule has 0 radical (unpaired) electrons. The monoisotopic (exact) mass is 553 g/mol. The Labute approximate surface area is 250 Å². The SMILES string of the molecule is CC1(C)c2nc(-c3ccccc3)ccc2-c2nc(-c3cccc4cnc(-c5ccccc5)nc34)nc(-c3ccccc3)c21. The number of aromatic nitrogens is 5. The second-order valence-corrected chi connectivity index (χ2v) is 11.4. The molecule has 204 valence electrons. The average Bonchev–Trinajstić information content (AvgIpc) is 3.30. The average molecular weight is 554 g/mol. The minimum Gasteiger partial charge on any atom is -0.251 e. The van der Waals surface area contributed by atoms with Gasteiger partial charge < -0.3 is 0 Å². The third kappa shape index (κ3) is 4.12. The van der Waals surface area contributed by atoms with Crippen molar-refractivity contribution in [2.75, 3.05) is 0 Å². The molecule has 0 fully saturated rings. The molecule has 7 aromatic rings. The zero-order valence-electron chi connectivity index (χ0n) is 23.9. The molecule has 0 unspecified atom stereocenters. The van der Waals surface area contributed by atoms with E-state index in [2.05, 4.69) is 73.4 Å². The number of benzene rings is 4. The zero-order chi connectivity index (χ0) is 29.0. The largest absolute Gasteiger partial charge is 0.251 e. The Bertz CT molecular complexity index is 2140. The lowest BCUT2D eigenvalue weighted by Crippen LogP contribution is -2.19. The van der Waals surface area contributed by atoms with Crippen LogP contribution in [-0.4, -0.2) is 24.9 Å². The summed E-state index contributed by atoms with van der Waals surface area (Å²) in [4.78, 5) is 25.5. The summed E-state index contributed by atoms with van der Waals surface area (Å²) in [6, 6.07) is 41.1. The first-order valence-electron chi connectivity index (χ1n) is 14.4. The molecular weight excluding hydrogens is 526 g/mol. The molecule has 0 aliphatic heterocycles. The van der Waals surface area contributed by atoms with Crippen LogP contribution in [0.3, 0.4) is 0 Å². The van der Waals surface area contributed by atoms with E-state index in [1.165, 1.54) is 0 Å². The highest BCUT2D eigenvalue weighted by Crippen LogP contribution is 2.51. The van der Waals surface area contributed by atoms with Crippen LogP contribution in [0.25, 0.3) is 67.5 Å². The van der Waals surface area contributed by atoms with Crippen LogP contribution < -0.4 is 0 Å². The Morgan fingerprint density at radius 3 is 1.86 bits per heavy atom. The minimum absolute atomic E-state index is 0.402. The van der Waals surface area contributed by atoms with Crippen molar-refractivity contribution in [3.63, 3.8) is 0 Å². The summed E-state index contributed by atoms with van der Waals surface area (Å²) in [7, 11) is 0. The molecule has 0 saturated heterocycles. The van der Waals surface area contributed by atoms with Crippen molar-refractivity contribution < 1.29 is 0 Å². The van der Waals surface area contributed by atoms with E-state index in [4.69, 9.17) is 19.9 Å². The van der Waals surface area contributed by atoms with Gasteiger partial charge in [-0.3, -0.25) is 4.98 Å². The molecule has 0 atom stereocenters. The summed E-state index contributed by atoms with van der Waals surface area (Å²) in [5, 5.41) is 0.942. The molecule has 4 aromatic carbocycles. The van der Waals surface area contributed by atoms with Crippen molar-refractivity contribution in [2.45, 2.75) is 19.3 Å². The van der Waals surface area contributed by atoms with Crippen LogP contribution in [0.4, 0.5) is 0 Å². The van der Waals surface area contributed by atoms with Crippen molar-refractivity contribution >= 4 is 10.9 Å². The van der Waals surface area contributed by atoms with Gasteiger partial charge in [0.1, 0.15) is 0 Å². The smallest absolute Gasteiger partial charge is 0.162 e. The van der Waals surface area contributed by atoms with Crippen LogP contribution in [0.15, 0.2) is 128 Å². The number of nitrogens with zero attached hydrogens (tertiary/aromatic N) is 5. The Balaban J connectivity index is 1.38. The molecule has 43 heavy (non-hydrogen) atoms. The highest BCUT2D eigenvalue weighted by atomic mass is 14.9. The molecule has 5 heteroatoms. The fourth-order valence-electron chi connectivity index (χ4n) is 6.15. The van der Waals surface area contributed by atoms with E-state index in [1.54, 1.807) is 0 Å². The Hall–Kier alpha value is -5.55. The summed E-state index contributed by atoms with van der Waals surface area (Å²) in [5.74, 6) is 1.31. The van der Waals surface area contributed by atoms with Crippen molar-refractivity contribution in [2.24, 2.45) is 0 Å². The number of fused-ring (bicyclic) bond motifs is 4. The van der Waals surface area contributed by atoms with Crippen molar-refractivity contribution in [3.8, 4) is 56.5 Å². The third-order valence-corrected chi connectivity index (χ3v) is 8.28. The van der Waals surface area contributed by atoms with E-state index in [0.717, 1.165) is 67.1 Å². The van der Waals surface area contributed by atoms with Crippen molar-refractivity contribution in [3.05, 3.63) is 139 Å². The molecule has 0 N–H and O–H groups in total. The van der Waals surface area contributed by atoms with Crippen LogP contribution in [-0.2, 0) is 5.41 Å². The molecule has 0 spiro atoms. The van der Waals surface area contributed by atoms with Gasteiger partial charge in [-0.05, 0) is 32.0 Å². The second-order valence-electron chi connectivity index (χ2n) is 11.4. The van der Waals surface area contributed by atoms with Gasteiger partial charge in [0.15, 0.2) is 11.6 Å². The fourth-order valence-corrected chi connectivity index (χ4v) is 6.15. The van der Waals surface area contributed by atoms with Crippen molar-refractivity contribution in [1.29, 1.82) is 0 Å². The predicted octanol–water partition coefficient (Wildman–Crippen LogP) is 8.79. The van der Waals surface area contributed by atoms with E-state index in [-0.39, 0.29) is 0 Å². The van der Waals surface area contributed by atoms with Crippen molar-refractivity contribution in [1.82, 2.24) is 24.9 Å². The van der Waals surface area contributed by atoms with E-state index < -0.39 is 5.41 Å². The molecule has 0 amide bonds. The highest BCUT2D eigenvalue weighted by molar-refractivity contribution is 5.94. The first-order valence-corrected chi connectivity index (χ1v) is 14.4. The van der Waals surface area contributed by atoms with Gasteiger partial charge in [-0.15, -0.1) is 0 Å². The normalized spacial score (nSPS) is 13.1. The summed E-state index contributed by atoms with van der Waals surface area (Å²) in [5.41, 5.74) is 10.3.